The Morgan fingerprint density at radius 2 is 1.91 bits per heavy atom. The minimum Gasteiger partial charge on any atom is -0.379 e. The molecule has 4 aromatic rings. The van der Waals surface area contributed by atoms with Gasteiger partial charge in [-0.05, 0) is 63.6 Å². The zero-order valence-electron chi connectivity index (χ0n) is 18.9. The third-order valence-electron chi connectivity index (χ3n) is 5.27. The van der Waals surface area contributed by atoms with Gasteiger partial charge in [-0.1, -0.05) is 29.1 Å². The summed E-state index contributed by atoms with van der Waals surface area (Å²) in [6, 6.07) is 13.5. The number of para-hydroxylation sites is 1. The molecule has 0 bridgehead atoms. The minimum atomic E-state index is -0.300. The molecule has 8 heteroatoms. The highest BCUT2D eigenvalue weighted by molar-refractivity contribution is 7.98. The molecular formula is C25H26FN3O3S. The molecular weight excluding hydrogens is 441 g/mol. The fourth-order valence-corrected chi connectivity index (χ4v) is 4.53. The van der Waals surface area contributed by atoms with Gasteiger partial charge in [-0.2, -0.15) is 0 Å². The Balaban J connectivity index is 1.58. The van der Waals surface area contributed by atoms with Crippen LogP contribution in [0.2, 0.25) is 0 Å². The molecule has 0 spiro atoms. The number of benzene rings is 2. The van der Waals surface area contributed by atoms with Crippen LogP contribution in [0, 0.1) is 12.7 Å². The van der Waals surface area contributed by atoms with Crippen molar-refractivity contribution in [3.8, 4) is 11.3 Å². The number of ether oxygens (including phenoxy) is 1. The molecule has 172 valence electrons. The second kappa shape index (κ2) is 10.3. The van der Waals surface area contributed by atoms with Gasteiger partial charge >= 0.3 is 0 Å². The number of halogens is 1. The van der Waals surface area contributed by atoms with E-state index in [-0.39, 0.29) is 17.5 Å². The van der Waals surface area contributed by atoms with E-state index in [1.54, 1.807) is 22.8 Å². The van der Waals surface area contributed by atoms with Gasteiger partial charge in [0.2, 0.25) is 0 Å². The van der Waals surface area contributed by atoms with Crippen LogP contribution in [-0.4, -0.2) is 27.4 Å². The first-order valence-electron chi connectivity index (χ1n) is 10.9. The number of fused-ring (bicyclic) bond motifs is 1. The molecule has 4 rings (SSSR count). The molecule has 0 saturated carbocycles. The lowest BCUT2D eigenvalue weighted by molar-refractivity contribution is 0.0743. The number of aromatic nitrogens is 3. The maximum absolute atomic E-state index is 13.3. The summed E-state index contributed by atoms with van der Waals surface area (Å²) in [7, 11) is 0. The third-order valence-corrected chi connectivity index (χ3v) is 6.26. The van der Waals surface area contributed by atoms with Crippen molar-refractivity contribution in [2.45, 2.75) is 50.8 Å². The summed E-state index contributed by atoms with van der Waals surface area (Å²) in [5.74, 6) is 0.801. The lowest BCUT2D eigenvalue weighted by Gasteiger charge is -2.13. The molecule has 2 heterocycles. The van der Waals surface area contributed by atoms with Crippen molar-refractivity contribution in [3.63, 3.8) is 0 Å². The van der Waals surface area contributed by atoms with Gasteiger partial charge in [0.05, 0.1) is 22.7 Å². The minimum absolute atomic E-state index is 0.0588. The van der Waals surface area contributed by atoms with Crippen molar-refractivity contribution in [3.05, 3.63) is 76.0 Å². The quantitative estimate of drug-likeness (QED) is 0.181. The molecule has 0 N–H and O–H groups in total. The smallest absolute Gasteiger partial charge is 0.262 e. The van der Waals surface area contributed by atoms with E-state index in [9.17, 15) is 9.18 Å². The van der Waals surface area contributed by atoms with E-state index in [1.165, 1.54) is 23.9 Å². The summed E-state index contributed by atoms with van der Waals surface area (Å²) in [6.07, 6.45) is 0.861. The summed E-state index contributed by atoms with van der Waals surface area (Å²) in [4.78, 5) is 17.9. The van der Waals surface area contributed by atoms with Gasteiger partial charge in [-0.15, -0.1) is 0 Å². The lowest BCUT2D eigenvalue weighted by atomic mass is 10.1. The van der Waals surface area contributed by atoms with Crippen LogP contribution < -0.4 is 5.56 Å². The Morgan fingerprint density at radius 1 is 1.15 bits per heavy atom. The topological polar surface area (TPSA) is 70.2 Å². The highest BCUT2D eigenvalue weighted by Crippen LogP contribution is 2.30. The van der Waals surface area contributed by atoms with Crippen LogP contribution in [0.4, 0.5) is 4.39 Å². The SMILES string of the molecule is Cc1c(CSc2nc3ccccc3c(=O)n2CCCOC(C)C)noc1-c1ccc(F)cc1. The Labute approximate surface area is 195 Å². The fraction of sp³-hybridized carbons (Fsp3) is 0.320. The Hall–Kier alpha value is -2.97. The molecule has 6 nitrogen and oxygen atoms in total. The van der Waals surface area contributed by atoms with E-state index < -0.39 is 0 Å². The molecule has 0 atom stereocenters. The van der Waals surface area contributed by atoms with Gasteiger partial charge in [0.1, 0.15) is 5.82 Å². The Kier molecular flexibility index (Phi) is 7.25. The molecule has 0 unspecified atom stereocenters. The van der Waals surface area contributed by atoms with Crippen molar-refractivity contribution in [1.29, 1.82) is 0 Å². The van der Waals surface area contributed by atoms with Gasteiger partial charge < -0.3 is 9.26 Å². The number of hydrogen-bond acceptors (Lipinski definition) is 6. The number of nitrogens with zero attached hydrogens (tertiary/aromatic N) is 3. The van der Waals surface area contributed by atoms with Gasteiger partial charge in [0, 0.05) is 30.0 Å². The van der Waals surface area contributed by atoms with Crippen molar-refractivity contribution >= 4 is 22.7 Å². The number of hydrogen-bond donors (Lipinski definition) is 0. The molecule has 0 aliphatic rings. The van der Waals surface area contributed by atoms with E-state index >= 15 is 0 Å². The summed E-state index contributed by atoms with van der Waals surface area (Å²) in [6.45, 7) is 7.00. The fourth-order valence-electron chi connectivity index (χ4n) is 3.50. The average Bonchev–Trinajstić information content (AvgIpc) is 3.17. The van der Waals surface area contributed by atoms with Crippen LogP contribution in [0.5, 0.6) is 0 Å². The summed E-state index contributed by atoms with van der Waals surface area (Å²) in [5.41, 5.74) is 3.02. The third kappa shape index (κ3) is 5.34. The second-order valence-electron chi connectivity index (χ2n) is 8.02. The molecule has 0 aliphatic heterocycles. The summed E-state index contributed by atoms with van der Waals surface area (Å²) >= 11 is 1.45. The van der Waals surface area contributed by atoms with E-state index in [2.05, 4.69) is 5.16 Å². The normalized spacial score (nSPS) is 11.5. The standard InChI is InChI=1S/C25H26FN3O3S/c1-16(2)31-14-6-13-29-24(30)20-7-4-5-8-21(20)27-25(29)33-15-22-17(3)23(32-28-22)18-9-11-19(26)12-10-18/h4-5,7-12,16H,6,13-15H2,1-3H3. The van der Waals surface area contributed by atoms with Crippen molar-refractivity contribution in [1.82, 2.24) is 14.7 Å². The monoisotopic (exact) mass is 467 g/mol. The molecule has 0 saturated heterocycles. The first kappa shape index (κ1) is 23.2. The molecule has 0 fully saturated rings. The summed E-state index contributed by atoms with van der Waals surface area (Å²) < 4.78 is 26.2. The maximum Gasteiger partial charge on any atom is 0.262 e. The van der Waals surface area contributed by atoms with E-state index in [4.69, 9.17) is 14.2 Å². The number of rotatable bonds is 9. The van der Waals surface area contributed by atoms with Gasteiger partial charge in [0.25, 0.3) is 5.56 Å². The molecule has 0 radical (unpaired) electrons. The molecule has 0 aliphatic carbocycles. The van der Waals surface area contributed by atoms with Crippen LogP contribution in [0.15, 0.2) is 63.0 Å². The van der Waals surface area contributed by atoms with E-state index in [1.807, 2.05) is 39.0 Å². The second-order valence-corrected chi connectivity index (χ2v) is 8.96. The van der Waals surface area contributed by atoms with E-state index in [0.29, 0.717) is 47.1 Å². The van der Waals surface area contributed by atoms with Crippen LogP contribution in [-0.2, 0) is 17.0 Å². The first-order valence-corrected chi connectivity index (χ1v) is 11.9. The summed E-state index contributed by atoms with van der Waals surface area (Å²) in [5, 5.41) is 5.45. The van der Waals surface area contributed by atoms with E-state index in [0.717, 1.165) is 16.8 Å². The predicted molar refractivity (Wildman–Crippen MR) is 128 cm³/mol. The Bertz CT molecular complexity index is 1300. The van der Waals surface area contributed by atoms with Crippen molar-refractivity contribution in [2.24, 2.45) is 0 Å². The molecule has 2 aromatic heterocycles. The molecule has 0 amide bonds. The van der Waals surface area contributed by atoms with Crippen LogP contribution in [0.25, 0.3) is 22.2 Å². The zero-order valence-corrected chi connectivity index (χ0v) is 19.7. The largest absolute Gasteiger partial charge is 0.379 e. The zero-order chi connectivity index (χ0) is 23.4. The van der Waals surface area contributed by atoms with Crippen molar-refractivity contribution < 1.29 is 13.7 Å². The lowest BCUT2D eigenvalue weighted by Crippen LogP contribution is -2.24. The first-order chi connectivity index (χ1) is 15.9. The number of thioether (sulfide) groups is 1. The molecule has 2 aromatic carbocycles. The predicted octanol–water partition coefficient (Wildman–Crippen LogP) is 5.61. The van der Waals surface area contributed by atoms with Crippen LogP contribution >= 0.6 is 11.8 Å². The highest BCUT2D eigenvalue weighted by Gasteiger charge is 2.17. The molecule has 33 heavy (non-hydrogen) atoms. The average molecular weight is 468 g/mol. The van der Waals surface area contributed by atoms with Gasteiger partial charge in [0.15, 0.2) is 10.9 Å². The van der Waals surface area contributed by atoms with Gasteiger partial charge in [-0.25, -0.2) is 9.37 Å². The maximum atomic E-state index is 13.3. The van der Waals surface area contributed by atoms with Crippen LogP contribution in [0.3, 0.4) is 0 Å². The van der Waals surface area contributed by atoms with Crippen LogP contribution in [0.1, 0.15) is 31.5 Å². The Morgan fingerprint density at radius 3 is 2.67 bits per heavy atom. The highest BCUT2D eigenvalue weighted by atomic mass is 32.2. The van der Waals surface area contributed by atoms with Crippen molar-refractivity contribution in [2.75, 3.05) is 6.61 Å². The van der Waals surface area contributed by atoms with Gasteiger partial charge in [-0.3, -0.25) is 9.36 Å².